The first-order valence-corrected chi connectivity index (χ1v) is 4.83. The lowest BCUT2D eigenvalue weighted by atomic mass is 10.5. The summed E-state index contributed by atoms with van der Waals surface area (Å²) in [5.41, 5.74) is 1.87. The summed E-state index contributed by atoms with van der Waals surface area (Å²) >= 11 is 0. The Morgan fingerprint density at radius 2 is 2.06 bits per heavy atom. The lowest BCUT2D eigenvalue weighted by molar-refractivity contribution is 0.0682. The van der Waals surface area contributed by atoms with Gasteiger partial charge >= 0.3 is 5.69 Å². The minimum Gasteiger partial charge on any atom is -0.303 e. The van der Waals surface area contributed by atoms with E-state index in [4.69, 9.17) is 0 Å². The highest BCUT2D eigenvalue weighted by Gasteiger charge is 2.11. The summed E-state index contributed by atoms with van der Waals surface area (Å²) in [5, 5.41) is 0. The molecule has 0 spiro atoms. The molecule has 0 unspecified atom stereocenters. The van der Waals surface area contributed by atoms with E-state index < -0.39 is 11.2 Å². The minimum atomic E-state index is -0.499. The summed E-state index contributed by atoms with van der Waals surface area (Å²) in [6.45, 7) is -0.0471. The molecule has 0 aliphatic carbocycles. The van der Waals surface area contributed by atoms with Crippen molar-refractivity contribution in [1.29, 1.82) is 0 Å². The smallest absolute Gasteiger partial charge is 0.303 e. The lowest BCUT2D eigenvalue weighted by Gasteiger charge is -2.08. The van der Waals surface area contributed by atoms with Gasteiger partial charge in [-0.3, -0.25) is 9.36 Å². The van der Waals surface area contributed by atoms with Crippen LogP contribution in [0.25, 0.3) is 11.2 Å². The molecule has 0 bridgehead atoms. The maximum atomic E-state index is 12.0. The Morgan fingerprint density at radius 1 is 1.35 bits per heavy atom. The third-order valence-corrected chi connectivity index (χ3v) is 2.33. The number of fused-ring (bicyclic) bond motifs is 1. The van der Waals surface area contributed by atoms with Crippen LogP contribution in [-0.4, -0.2) is 26.2 Å². The van der Waals surface area contributed by atoms with Crippen molar-refractivity contribution in [2.45, 2.75) is 6.67 Å². The highest BCUT2D eigenvalue weighted by atomic mass is 16.6. The number of hydrogen-bond acceptors (Lipinski definition) is 6. The molecule has 0 aliphatic rings. The van der Waals surface area contributed by atoms with E-state index in [1.807, 2.05) is 0 Å². The fraction of sp³-hybridized carbons (Fsp3) is 0.333. The van der Waals surface area contributed by atoms with E-state index in [0.29, 0.717) is 0 Å². The van der Waals surface area contributed by atoms with Gasteiger partial charge < -0.3 is 4.84 Å². The maximum absolute atomic E-state index is 12.0. The third kappa shape index (κ3) is 1.83. The van der Waals surface area contributed by atoms with Gasteiger partial charge in [0.15, 0.2) is 11.2 Å². The van der Waals surface area contributed by atoms with Crippen molar-refractivity contribution in [2.75, 3.05) is 7.11 Å². The van der Waals surface area contributed by atoms with Gasteiger partial charge in [0.1, 0.15) is 6.67 Å². The van der Waals surface area contributed by atoms with Crippen molar-refractivity contribution in [2.24, 2.45) is 7.05 Å². The van der Waals surface area contributed by atoms with E-state index >= 15 is 0 Å². The first-order chi connectivity index (χ1) is 8.16. The normalized spacial score (nSPS) is 10.9. The van der Waals surface area contributed by atoms with E-state index in [9.17, 15) is 9.59 Å². The van der Waals surface area contributed by atoms with Crippen LogP contribution in [-0.2, 0) is 18.6 Å². The van der Waals surface area contributed by atoms with Crippen molar-refractivity contribution in [3.63, 3.8) is 0 Å². The predicted octanol–water partition coefficient (Wildman–Crippen LogP) is -1.40. The van der Waals surface area contributed by atoms with Crippen molar-refractivity contribution in [1.82, 2.24) is 24.6 Å². The van der Waals surface area contributed by atoms with E-state index in [1.54, 1.807) is 0 Å². The largest absolute Gasteiger partial charge is 0.333 e. The fourth-order valence-electron chi connectivity index (χ4n) is 1.48. The average molecular weight is 237 g/mol. The molecule has 0 radical (unpaired) electrons. The zero-order chi connectivity index (χ0) is 12.4. The Labute approximate surface area is 95.4 Å². The van der Waals surface area contributed by atoms with Gasteiger partial charge in [-0.15, -0.1) is 0 Å². The maximum Gasteiger partial charge on any atom is 0.333 e. The third-order valence-electron chi connectivity index (χ3n) is 2.33. The van der Waals surface area contributed by atoms with Gasteiger partial charge in [-0.1, -0.05) is 0 Å². The van der Waals surface area contributed by atoms with E-state index in [1.165, 1.54) is 31.1 Å². The van der Waals surface area contributed by atoms with Crippen LogP contribution in [0.2, 0.25) is 0 Å². The number of aryl methyl sites for hydroxylation is 1. The minimum absolute atomic E-state index is 0.0471. The van der Waals surface area contributed by atoms with Gasteiger partial charge in [0.05, 0.1) is 7.11 Å². The quantitative estimate of drug-likeness (QED) is 0.660. The van der Waals surface area contributed by atoms with Crippen LogP contribution in [0.15, 0.2) is 22.0 Å². The molecule has 0 amide bonds. The first kappa shape index (κ1) is 11.4. The van der Waals surface area contributed by atoms with Gasteiger partial charge in [0, 0.05) is 19.4 Å². The Balaban J connectivity index is 2.78. The van der Waals surface area contributed by atoms with Crippen LogP contribution < -0.4 is 16.7 Å². The van der Waals surface area contributed by atoms with Crippen molar-refractivity contribution < 1.29 is 4.84 Å². The standard InChI is InChI=1S/C9H11N5O3/c1-13-7-6(10-3-4-11-7)8(15)14(9(13)16)5-12-17-2/h3-4,12H,5H2,1-2H3. The molecule has 8 nitrogen and oxygen atoms in total. The summed E-state index contributed by atoms with van der Waals surface area (Å²) in [5.74, 6) is 0. The van der Waals surface area contributed by atoms with Gasteiger partial charge in [0.25, 0.3) is 5.56 Å². The van der Waals surface area contributed by atoms with Crippen LogP contribution in [0.4, 0.5) is 0 Å². The Kier molecular flexibility index (Phi) is 2.98. The molecule has 90 valence electrons. The molecule has 0 aliphatic heterocycles. The van der Waals surface area contributed by atoms with E-state index in [-0.39, 0.29) is 17.8 Å². The van der Waals surface area contributed by atoms with Crippen LogP contribution >= 0.6 is 0 Å². The summed E-state index contributed by atoms with van der Waals surface area (Å²) in [7, 11) is 2.93. The summed E-state index contributed by atoms with van der Waals surface area (Å²) in [6, 6.07) is 0. The fourth-order valence-corrected chi connectivity index (χ4v) is 1.48. The molecule has 0 fully saturated rings. The zero-order valence-corrected chi connectivity index (χ0v) is 9.38. The molecule has 2 aromatic rings. The molecule has 0 saturated carbocycles. The average Bonchev–Trinajstić information content (AvgIpc) is 2.36. The second-order valence-corrected chi connectivity index (χ2v) is 3.31. The molecule has 17 heavy (non-hydrogen) atoms. The summed E-state index contributed by atoms with van der Waals surface area (Å²) < 4.78 is 2.25. The Morgan fingerprint density at radius 3 is 2.76 bits per heavy atom. The molecule has 0 atom stereocenters. The second-order valence-electron chi connectivity index (χ2n) is 3.31. The Bertz CT molecular complexity index is 660. The SMILES string of the molecule is CONCn1c(=O)c2nccnc2n(C)c1=O. The number of rotatable bonds is 3. The van der Waals surface area contributed by atoms with Crippen molar-refractivity contribution in [3.8, 4) is 0 Å². The second kappa shape index (κ2) is 4.44. The molecule has 0 aromatic carbocycles. The molecule has 2 heterocycles. The highest BCUT2D eigenvalue weighted by Crippen LogP contribution is 1.97. The van der Waals surface area contributed by atoms with Gasteiger partial charge in [-0.2, -0.15) is 5.48 Å². The van der Waals surface area contributed by atoms with Crippen LogP contribution in [0, 0.1) is 0 Å². The van der Waals surface area contributed by atoms with Gasteiger partial charge in [0.2, 0.25) is 0 Å². The zero-order valence-electron chi connectivity index (χ0n) is 9.38. The topological polar surface area (TPSA) is 91.0 Å². The molecular formula is C9H11N5O3. The number of nitrogens with zero attached hydrogens (tertiary/aromatic N) is 4. The van der Waals surface area contributed by atoms with Crippen LogP contribution in [0.1, 0.15) is 0 Å². The molecule has 2 aromatic heterocycles. The highest BCUT2D eigenvalue weighted by molar-refractivity contribution is 5.67. The summed E-state index contributed by atoms with van der Waals surface area (Å²) in [4.78, 5) is 36.3. The van der Waals surface area contributed by atoms with Gasteiger partial charge in [-0.25, -0.2) is 19.3 Å². The summed E-state index contributed by atoms with van der Waals surface area (Å²) in [6.07, 6.45) is 2.83. The number of nitrogens with one attached hydrogen (secondary N) is 1. The van der Waals surface area contributed by atoms with Crippen molar-refractivity contribution >= 4 is 11.2 Å². The van der Waals surface area contributed by atoms with E-state index in [2.05, 4.69) is 20.3 Å². The number of hydrogen-bond donors (Lipinski definition) is 1. The number of aromatic nitrogens is 4. The predicted molar refractivity (Wildman–Crippen MR) is 59.2 cm³/mol. The molecule has 0 saturated heterocycles. The molecular weight excluding hydrogens is 226 g/mol. The van der Waals surface area contributed by atoms with E-state index in [0.717, 1.165) is 4.57 Å². The van der Waals surface area contributed by atoms with Gasteiger partial charge in [-0.05, 0) is 0 Å². The first-order valence-electron chi connectivity index (χ1n) is 4.83. The number of hydroxylamine groups is 1. The molecule has 8 heteroatoms. The monoisotopic (exact) mass is 237 g/mol. The van der Waals surface area contributed by atoms with Crippen molar-refractivity contribution in [3.05, 3.63) is 33.2 Å². The lowest BCUT2D eigenvalue weighted by Crippen LogP contribution is -2.42. The van der Waals surface area contributed by atoms with Crippen LogP contribution in [0.5, 0.6) is 0 Å². The molecule has 1 N–H and O–H groups in total. The molecule has 2 rings (SSSR count). The van der Waals surface area contributed by atoms with Crippen LogP contribution in [0.3, 0.4) is 0 Å². The Hall–Kier alpha value is -2.06.